The van der Waals surface area contributed by atoms with Crippen LogP contribution in [0.2, 0.25) is 0 Å². The predicted molar refractivity (Wildman–Crippen MR) is 161 cm³/mol. The molecule has 1 aliphatic carbocycles. The molecule has 7 aromatic rings. The second-order valence-electron chi connectivity index (χ2n) is 10.6. The number of benzene rings is 6. The first-order valence-electron chi connectivity index (χ1n) is 13.3. The predicted octanol–water partition coefficient (Wildman–Crippen LogP) is 4.48. The first-order chi connectivity index (χ1) is 18.2. The average molecular weight is 723 g/mol. The summed E-state index contributed by atoms with van der Waals surface area (Å²) in [7, 11) is 0. The van der Waals surface area contributed by atoms with Crippen molar-refractivity contribution in [2.45, 2.75) is 19.8 Å². The minimum absolute atomic E-state index is 0. The first-order valence-corrected chi connectivity index (χ1v) is 13.3. The van der Waals surface area contributed by atoms with Gasteiger partial charge in [-0.2, -0.15) is 0 Å². The van der Waals surface area contributed by atoms with E-state index < -0.39 is 0 Å². The van der Waals surface area contributed by atoms with E-state index >= 15 is 0 Å². The van der Waals surface area contributed by atoms with Crippen LogP contribution in [0.5, 0.6) is 0 Å². The van der Waals surface area contributed by atoms with Crippen LogP contribution in [0.4, 0.5) is 0 Å². The molecule has 0 N–H and O–H groups in total. The molecule has 0 saturated carbocycles. The molecule has 198 valence electrons. The minimum atomic E-state index is 0. The van der Waals surface area contributed by atoms with Crippen molar-refractivity contribution < 1.29 is 50.7 Å². The monoisotopic (exact) mass is 723 g/mol. The van der Waals surface area contributed by atoms with Gasteiger partial charge in [0.2, 0.25) is 0 Å². The molecule has 0 aliphatic heterocycles. The summed E-state index contributed by atoms with van der Waals surface area (Å²) in [6.07, 6.45) is 0. The van der Waals surface area contributed by atoms with Crippen molar-refractivity contribution in [3.8, 4) is 11.1 Å². The van der Waals surface area contributed by atoms with E-state index in [0.29, 0.717) is 11.8 Å². The molecule has 7 aromatic carbocycles. The average Bonchev–Trinajstić information content (AvgIpc) is 3.45. The first kappa shape index (κ1) is 30.1. The van der Waals surface area contributed by atoms with Crippen LogP contribution in [-0.4, -0.2) is 0 Å². The quantitative estimate of drug-likeness (QED) is 0.173. The number of hydrogen-bond donors (Lipinski definition) is 0. The molecule has 0 fully saturated rings. The van der Waals surface area contributed by atoms with Crippen LogP contribution >= 0.6 is 0 Å². The molecule has 40 heavy (non-hydrogen) atoms. The second kappa shape index (κ2) is 12.4. The third-order valence-corrected chi connectivity index (χ3v) is 7.99. The Morgan fingerprint density at radius 2 is 1.05 bits per heavy atom. The zero-order valence-electron chi connectivity index (χ0n) is 22.5. The van der Waals surface area contributed by atoms with Crippen LogP contribution in [0.25, 0.3) is 54.2 Å². The summed E-state index contributed by atoms with van der Waals surface area (Å²) >= 11 is 0. The van der Waals surface area contributed by atoms with Crippen LogP contribution < -0.4 is 24.8 Å². The summed E-state index contributed by atoms with van der Waals surface area (Å²) in [4.78, 5) is 0. The van der Waals surface area contributed by atoms with Crippen LogP contribution in [0.15, 0.2) is 127 Å². The zero-order chi connectivity index (χ0) is 24.9. The van der Waals surface area contributed by atoms with E-state index in [1.807, 2.05) is 0 Å². The Hall–Kier alpha value is -2.84. The maximum atomic E-state index is 2.40. The van der Waals surface area contributed by atoms with Crippen LogP contribution in [-0.2, 0) is 25.8 Å². The van der Waals surface area contributed by atoms with Crippen molar-refractivity contribution >= 4 is 43.1 Å². The molecule has 0 bridgehead atoms. The Morgan fingerprint density at radius 1 is 0.500 bits per heavy atom. The van der Waals surface area contributed by atoms with E-state index in [9.17, 15) is 0 Å². The van der Waals surface area contributed by atoms with Crippen molar-refractivity contribution in [1.82, 2.24) is 0 Å². The molecule has 0 saturated heterocycles. The van der Waals surface area contributed by atoms with E-state index in [4.69, 9.17) is 0 Å². The van der Waals surface area contributed by atoms with E-state index in [0.717, 1.165) is 0 Å². The minimum Gasteiger partial charge on any atom is -1.00 e. The summed E-state index contributed by atoms with van der Waals surface area (Å²) in [6.45, 7) is 4.65. The van der Waals surface area contributed by atoms with Gasteiger partial charge in [0.15, 0.2) is 0 Å². The smallest absolute Gasteiger partial charge is 0.0125 e. The Kier molecular flexibility index (Phi) is 9.30. The standard InChI is InChI=1S/C20H18.C17H11.2ClH.Hf/c1-13(2)20-17-10-6-5-9-16(17)18-11-14-7-3-4-8-15(14)12-19(18)20;1-2-6-13-11-17-15(9-12(13)5-1)10-14-7-3-4-8-16(14)17;;;/h3-13,20H,1-2H3;1-11H;2*1H;/q;-1;;;/p-2. The van der Waals surface area contributed by atoms with Gasteiger partial charge in [-0.15, -0.1) is 39.7 Å². The summed E-state index contributed by atoms with van der Waals surface area (Å²) in [5.74, 6) is 1.16. The Labute approximate surface area is 267 Å². The zero-order valence-corrected chi connectivity index (χ0v) is 27.6. The summed E-state index contributed by atoms with van der Waals surface area (Å²) in [6, 6.07) is 46.3. The molecule has 0 radical (unpaired) electrons. The largest absolute Gasteiger partial charge is 1.00 e. The molecule has 1 aliphatic rings. The van der Waals surface area contributed by atoms with Gasteiger partial charge in [-0.3, -0.25) is 0 Å². The van der Waals surface area contributed by atoms with E-state index in [-0.39, 0.29) is 50.7 Å². The summed E-state index contributed by atoms with van der Waals surface area (Å²) in [5, 5.41) is 10.7. The van der Waals surface area contributed by atoms with Gasteiger partial charge < -0.3 is 24.8 Å². The van der Waals surface area contributed by atoms with E-state index in [2.05, 4.69) is 141 Å². The molecule has 0 amide bonds. The van der Waals surface area contributed by atoms with Gasteiger partial charge >= 0.3 is 0 Å². The van der Waals surface area contributed by atoms with Gasteiger partial charge in [0, 0.05) is 31.8 Å². The molecule has 8 rings (SSSR count). The summed E-state index contributed by atoms with van der Waals surface area (Å²) in [5.41, 5.74) is 5.85. The Balaban J connectivity index is 0.000000174. The van der Waals surface area contributed by atoms with Gasteiger partial charge in [0.1, 0.15) is 0 Å². The number of hydrogen-bond acceptors (Lipinski definition) is 0. The number of rotatable bonds is 1. The molecule has 3 heteroatoms. The van der Waals surface area contributed by atoms with Crippen LogP contribution in [0.3, 0.4) is 0 Å². The second-order valence-corrected chi connectivity index (χ2v) is 10.6. The molecular weight excluding hydrogens is 694 g/mol. The fourth-order valence-electron chi connectivity index (χ4n) is 6.29. The molecule has 1 atom stereocenters. The third-order valence-electron chi connectivity index (χ3n) is 7.99. The number of halogens is 2. The van der Waals surface area contributed by atoms with Gasteiger partial charge in [0.25, 0.3) is 0 Å². The van der Waals surface area contributed by atoms with Crippen molar-refractivity contribution in [2.24, 2.45) is 5.92 Å². The molecule has 0 nitrogen and oxygen atoms in total. The Morgan fingerprint density at radius 3 is 1.75 bits per heavy atom. The fraction of sp³-hybridized carbons (Fsp3) is 0.108. The van der Waals surface area contributed by atoms with Gasteiger partial charge in [-0.1, -0.05) is 116 Å². The maximum Gasteiger partial charge on any atom is 0.0125 e. The molecule has 1 unspecified atom stereocenters. The molecule has 0 spiro atoms. The topological polar surface area (TPSA) is 0 Å². The number of fused-ring (bicyclic) bond motifs is 8. The van der Waals surface area contributed by atoms with E-state index in [1.54, 1.807) is 0 Å². The van der Waals surface area contributed by atoms with Gasteiger partial charge in [-0.25, -0.2) is 0 Å². The summed E-state index contributed by atoms with van der Waals surface area (Å²) < 4.78 is 0. The third kappa shape index (κ3) is 5.16. The van der Waals surface area contributed by atoms with Gasteiger partial charge in [0.05, 0.1) is 0 Å². The molecule has 0 aromatic heterocycles. The van der Waals surface area contributed by atoms with Crippen molar-refractivity contribution in [1.29, 1.82) is 0 Å². The van der Waals surface area contributed by atoms with Crippen molar-refractivity contribution in [3.63, 3.8) is 0 Å². The van der Waals surface area contributed by atoms with Crippen LogP contribution in [0, 0.1) is 5.92 Å². The SMILES string of the molecule is CC(C)C1c2ccccc2-c2cc3ccccc3cc21.[Cl-].[Cl-].[Hf].c1ccc2cc3c(cc2c1)[cH-]c1ccccc13. The normalized spacial score (nSPS) is 13.1. The maximum absolute atomic E-state index is 2.40. The van der Waals surface area contributed by atoms with Crippen molar-refractivity contribution in [2.75, 3.05) is 0 Å². The van der Waals surface area contributed by atoms with Gasteiger partial charge in [-0.05, 0) is 56.5 Å². The fourth-order valence-corrected chi connectivity index (χ4v) is 6.29. The van der Waals surface area contributed by atoms with E-state index in [1.165, 1.54) is 65.3 Å². The van der Waals surface area contributed by atoms with Crippen molar-refractivity contribution in [3.05, 3.63) is 139 Å². The molecule has 0 heterocycles. The Bertz CT molecular complexity index is 1930. The van der Waals surface area contributed by atoms with Crippen LogP contribution in [0.1, 0.15) is 30.9 Å². The molecular formula is C37H29Cl2Hf-3.